The van der Waals surface area contributed by atoms with Crippen LogP contribution in [0.1, 0.15) is 23.1 Å². The highest BCUT2D eigenvalue weighted by Gasteiger charge is 2.12. The van der Waals surface area contributed by atoms with E-state index >= 15 is 0 Å². The lowest BCUT2D eigenvalue weighted by Crippen LogP contribution is -2.14. The Morgan fingerprint density at radius 3 is 2.86 bits per heavy atom. The lowest BCUT2D eigenvalue weighted by atomic mass is 10.0. The minimum atomic E-state index is 0.00616. The fraction of sp³-hybridized carbons (Fsp3) is 0.294. The zero-order valence-corrected chi connectivity index (χ0v) is 12.9. The van der Waals surface area contributed by atoms with Gasteiger partial charge in [0, 0.05) is 0 Å². The second-order valence-corrected chi connectivity index (χ2v) is 6.10. The molecule has 0 atom stereocenters. The maximum atomic E-state index is 12.1. The molecule has 1 N–H and O–H groups in total. The number of hydrogen-bond donors (Lipinski definition) is 1. The molecule has 0 unspecified atom stereocenters. The van der Waals surface area contributed by atoms with E-state index in [1.165, 1.54) is 24.0 Å². The summed E-state index contributed by atoms with van der Waals surface area (Å²) in [5, 5.41) is 3.85. The average Bonchev–Trinajstić information content (AvgIpc) is 2.95. The SMILES string of the molecule is CSc1ccc(NC(=O)Cc2ccc3c(c2)CCC3)cn1. The number of amides is 1. The maximum absolute atomic E-state index is 12.1. The Balaban J connectivity index is 1.63. The molecule has 1 aromatic heterocycles. The average molecular weight is 298 g/mol. The third kappa shape index (κ3) is 3.45. The van der Waals surface area contributed by atoms with Crippen LogP contribution in [0.5, 0.6) is 0 Å². The monoisotopic (exact) mass is 298 g/mol. The van der Waals surface area contributed by atoms with Crippen LogP contribution in [0.15, 0.2) is 41.6 Å². The fourth-order valence-corrected chi connectivity index (χ4v) is 3.06. The zero-order chi connectivity index (χ0) is 14.7. The summed E-state index contributed by atoms with van der Waals surface area (Å²) < 4.78 is 0. The van der Waals surface area contributed by atoms with Gasteiger partial charge in [-0.2, -0.15) is 0 Å². The molecule has 1 aliphatic carbocycles. The van der Waals surface area contributed by atoms with E-state index < -0.39 is 0 Å². The first-order chi connectivity index (χ1) is 10.2. The number of carbonyl (C=O) groups is 1. The van der Waals surface area contributed by atoms with Crippen molar-refractivity contribution in [2.45, 2.75) is 30.7 Å². The van der Waals surface area contributed by atoms with Crippen LogP contribution in [0, 0.1) is 0 Å². The van der Waals surface area contributed by atoms with Gasteiger partial charge in [0.25, 0.3) is 0 Å². The van der Waals surface area contributed by atoms with E-state index in [0.717, 1.165) is 22.7 Å². The third-order valence-electron chi connectivity index (χ3n) is 3.76. The number of nitrogens with zero attached hydrogens (tertiary/aromatic N) is 1. The highest BCUT2D eigenvalue weighted by atomic mass is 32.2. The van der Waals surface area contributed by atoms with Gasteiger partial charge < -0.3 is 5.32 Å². The van der Waals surface area contributed by atoms with Gasteiger partial charge in [0.15, 0.2) is 0 Å². The summed E-state index contributed by atoms with van der Waals surface area (Å²) >= 11 is 1.59. The molecule has 1 amide bonds. The number of rotatable bonds is 4. The van der Waals surface area contributed by atoms with Gasteiger partial charge in [-0.25, -0.2) is 4.98 Å². The van der Waals surface area contributed by atoms with Crippen molar-refractivity contribution in [3.05, 3.63) is 53.2 Å². The van der Waals surface area contributed by atoms with E-state index in [9.17, 15) is 4.79 Å². The molecule has 21 heavy (non-hydrogen) atoms. The minimum Gasteiger partial charge on any atom is -0.324 e. The first-order valence-electron chi connectivity index (χ1n) is 7.15. The van der Waals surface area contributed by atoms with Crippen molar-refractivity contribution in [3.8, 4) is 0 Å². The molecular weight excluding hydrogens is 280 g/mol. The second kappa shape index (κ2) is 6.31. The predicted molar refractivity (Wildman–Crippen MR) is 86.8 cm³/mol. The van der Waals surface area contributed by atoms with Crippen molar-refractivity contribution >= 4 is 23.4 Å². The van der Waals surface area contributed by atoms with Gasteiger partial charge in [-0.05, 0) is 54.3 Å². The van der Waals surface area contributed by atoms with Crippen molar-refractivity contribution in [1.82, 2.24) is 4.98 Å². The van der Waals surface area contributed by atoms with Gasteiger partial charge in [0.1, 0.15) is 0 Å². The van der Waals surface area contributed by atoms with Crippen LogP contribution in [-0.4, -0.2) is 17.1 Å². The van der Waals surface area contributed by atoms with E-state index in [1.54, 1.807) is 18.0 Å². The number of aromatic nitrogens is 1. The summed E-state index contributed by atoms with van der Waals surface area (Å²) in [6.45, 7) is 0. The molecule has 0 radical (unpaired) electrons. The Morgan fingerprint density at radius 1 is 1.24 bits per heavy atom. The lowest BCUT2D eigenvalue weighted by Gasteiger charge is -2.07. The molecule has 0 saturated carbocycles. The third-order valence-corrected chi connectivity index (χ3v) is 4.42. The smallest absolute Gasteiger partial charge is 0.228 e. The summed E-state index contributed by atoms with van der Waals surface area (Å²) in [4.78, 5) is 16.3. The second-order valence-electron chi connectivity index (χ2n) is 5.27. The highest BCUT2D eigenvalue weighted by Crippen LogP contribution is 2.23. The van der Waals surface area contributed by atoms with Gasteiger partial charge in [0.05, 0.1) is 23.3 Å². The van der Waals surface area contributed by atoms with Crippen LogP contribution in [-0.2, 0) is 24.1 Å². The van der Waals surface area contributed by atoms with E-state index in [2.05, 4.69) is 28.5 Å². The van der Waals surface area contributed by atoms with E-state index in [1.807, 2.05) is 18.4 Å². The number of hydrogen-bond acceptors (Lipinski definition) is 3. The largest absolute Gasteiger partial charge is 0.324 e. The van der Waals surface area contributed by atoms with E-state index in [4.69, 9.17) is 0 Å². The van der Waals surface area contributed by atoms with Gasteiger partial charge in [-0.1, -0.05) is 18.2 Å². The molecule has 3 rings (SSSR count). The van der Waals surface area contributed by atoms with Gasteiger partial charge in [-0.3, -0.25) is 4.79 Å². The van der Waals surface area contributed by atoms with E-state index in [0.29, 0.717) is 6.42 Å². The Bertz CT molecular complexity index is 652. The fourth-order valence-electron chi connectivity index (χ4n) is 2.70. The van der Waals surface area contributed by atoms with Crippen molar-refractivity contribution in [1.29, 1.82) is 0 Å². The number of carbonyl (C=O) groups excluding carboxylic acids is 1. The summed E-state index contributed by atoms with van der Waals surface area (Å²) in [5.41, 5.74) is 4.68. The number of benzene rings is 1. The Kier molecular flexibility index (Phi) is 4.25. The summed E-state index contributed by atoms with van der Waals surface area (Å²) in [5.74, 6) is 0.00616. The molecule has 0 fully saturated rings. The lowest BCUT2D eigenvalue weighted by molar-refractivity contribution is -0.115. The number of fused-ring (bicyclic) bond motifs is 1. The summed E-state index contributed by atoms with van der Waals surface area (Å²) in [6.07, 6.45) is 7.65. The van der Waals surface area contributed by atoms with Crippen LogP contribution in [0.2, 0.25) is 0 Å². The standard InChI is InChI=1S/C17H18N2OS/c1-21-17-8-7-15(11-18-17)19-16(20)10-12-5-6-13-3-2-4-14(13)9-12/h5-9,11H,2-4,10H2,1H3,(H,19,20). The Morgan fingerprint density at radius 2 is 2.10 bits per heavy atom. The molecular formula is C17H18N2OS. The van der Waals surface area contributed by atoms with Crippen LogP contribution in [0.25, 0.3) is 0 Å². The minimum absolute atomic E-state index is 0.00616. The Labute approximate surface area is 129 Å². The van der Waals surface area contributed by atoms with Gasteiger partial charge in [0.2, 0.25) is 5.91 Å². The molecule has 1 aliphatic rings. The van der Waals surface area contributed by atoms with Crippen molar-refractivity contribution < 1.29 is 4.79 Å². The first kappa shape index (κ1) is 14.1. The number of aryl methyl sites for hydroxylation is 2. The molecule has 108 valence electrons. The predicted octanol–water partition coefficient (Wildman–Crippen LogP) is 3.47. The number of pyridine rings is 1. The molecule has 0 bridgehead atoms. The normalized spacial score (nSPS) is 13.0. The quantitative estimate of drug-likeness (QED) is 0.879. The van der Waals surface area contributed by atoms with Gasteiger partial charge in [-0.15, -0.1) is 11.8 Å². The number of nitrogens with one attached hydrogen (secondary N) is 1. The number of anilines is 1. The Hall–Kier alpha value is -1.81. The molecule has 1 heterocycles. The van der Waals surface area contributed by atoms with E-state index in [-0.39, 0.29) is 5.91 Å². The van der Waals surface area contributed by atoms with Crippen LogP contribution >= 0.6 is 11.8 Å². The van der Waals surface area contributed by atoms with Gasteiger partial charge >= 0.3 is 0 Å². The van der Waals surface area contributed by atoms with Crippen molar-refractivity contribution in [2.24, 2.45) is 0 Å². The first-order valence-corrected chi connectivity index (χ1v) is 8.37. The highest BCUT2D eigenvalue weighted by molar-refractivity contribution is 7.98. The van der Waals surface area contributed by atoms with Crippen molar-refractivity contribution in [2.75, 3.05) is 11.6 Å². The summed E-state index contributed by atoms with van der Waals surface area (Å²) in [7, 11) is 0. The van der Waals surface area contributed by atoms with Crippen LogP contribution < -0.4 is 5.32 Å². The van der Waals surface area contributed by atoms with Crippen molar-refractivity contribution in [3.63, 3.8) is 0 Å². The molecule has 0 spiro atoms. The summed E-state index contributed by atoms with van der Waals surface area (Å²) in [6, 6.07) is 10.2. The topological polar surface area (TPSA) is 42.0 Å². The molecule has 0 aliphatic heterocycles. The van der Waals surface area contributed by atoms with Crippen LogP contribution in [0.3, 0.4) is 0 Å². The maximum Gasteiger partial charge on any atom is 0.228 e. The number of thioether (sulfide) groups is 1. The molecule has 1 aromatic carbocycles. The van der Waals surface area contributed by atoms with Crippen LogP contribution in [0.4, 0.5) is 5.69 Å². The zero-order valence-electron chi connectivity index (χ0n) is 12.1. The molecule has 4 heteroatoms. The molecule has 2 aromatic rings. The molecule has 3 nitrogen and oxygen atoms in total. The molecule has 0 saturated heterocycles.